The molecule has 0 saturated heterocycles. The van der Waals surface area contributed by atoms with Crippen LogP contribution in [0.4, 0.5) is 0 Å². The molecule has 0 atom stereocenters. The molecule has 0 aliphatic heterocycles. The zero-order chi connectivity index (χ0) is 15.6. The number of ether oxygens (including phenoxy) is 1. The van der Waals surface area contributed by atoms with E-state index in [1.54, 1.807) is 12.1 Å². The van der Waals surface area contributed by atoms with Gasteiger partial charge >= 0.3 is 0 Å². The quantitative estimate of drug-likeness (QED) is 0.917. The number of rotatable bonds is 5. The van der Waals surface area contributed by atoms with Gasteiger partial charge in [-0.25, -0.2) is 18.1 Å². The lowest BCUT2D eigenvalue weighted by Crippen LogP contribution is -2.23. The highest BCUT2D eigenvalue weighted by Gasteiger charge is 2.20. The number of sulfonamides is 1. The molecule has 2 aromatic rings. The summed E-state index contributed by atoms with van der Waals surface area (Å²) in [5, 5.41) is 0.750. The fourth-order valence-electron chi connectivity index (χ4n) is 1.84. The third kappa shape index (κ3) is 3.61. The standard InChI is InChI=1S/C14H18N2O3S2/c1-9-5-6-12(19-4)13(7-9)21(17,18)15-8-14-16-10(2)11(3)20-14/h5-7,15H,8H2,1-4H3. The molecule has 114 valence electrons. The molecule has 21 heavy (non-hydrogen) atoms. The number of thiazole rings is 1. The van der Waals surface area contributed by atoms with Gasteiger partial charge in [-0.15, -0.1) is 11.3 Å². The predicted molar refractivity (Wildman–Crippen MR) is 83.3 cm³/mol. The summed E-state index contributed by atoms with van der Waals surface area (Å²) in [7, 11) is -2.18. The Bertz CT molecular complexity index is 732. The molecule has 1 aromatic heterocycles. The summed E-state index contributed by atoms with van der Waals surface area (Å²) in [6.45, 7) is 5.90. The van der Waals surface area contributed by atoms with Gasteiger partial charge in [-0.2, -0.15) is 0 Å². The van der Waals surface area contributed by atoms with Crippen molar-refractivity contribution in [3.8, 4) is 5.75 Å². The monoisotopic (exact) mass is 326 g/mol. The normalized spacial score (nSPS) is 11.6. The Morgan fingerprint density at radius 3 is 2.57 bits per heavy atom. The summed E-state index contributed by atoms with van der Waals surface area (Å²) in [5.41, 5.74) is 1.79. The van der Waals surface area contributed by atoms with Gasteiger partial charge in [0.15, 0.2) is 0 Å². The molecule has 1 aromatic carbocycles. The van der Waals surface area contributed by atoms with Crippen LogP contribution in [-0.2, 0) is 16.6 Å². The van der Waals surface area contributed by atoms with E-state index in [4.69, 9.17) is 4.74 Å². The second-order valence-electron chi connectivity index (χ2n) is 4.73. The first-order chi connectivity index (χ1) is 9.83. The lowest BCUT2D eigenvalue weighted by molar-refractivity contribution is 0.402. The molecule has 0 saturated carbocycles. The second kappa shape index (κ2) is 6.13. The first kappa shape index (κ1) is 15.9. The van der Waals surface area contributed by atoms with E-state index in [0.29, 0.717) is 5.75 Å². The Morgan fingerprint density at radius 2 is 2.00 bits per heavy atom. The van der Waals surface area contributed by atoms with Crippen LogP contribution in [0.2, 0.25) is 0 Å². The van der Waals surface area contributed by atoms with Crippen LogP contribution in [0.1, 0.15) is 21.1 Å². The minimum Gasteiger partial charge on any atom is -0.495 e. The van der Waals surface area contributed by atoms with E-state index in [-0.39, 0.29) is 11.4 Å². The summed E-state index contributed by atoms with van der Waals surface area (Å²) in [4.78, 5) is 5.57. The van der Waals surface area contributed by atoms with Crippen LogP contribution in [-0.4, -0.2) is 20.5 Å². The minimum absolute atomic E-state index is 0.148. The fourth-order valence-corrected chi connectivity index (χ4v) is 4.05. The molecule has 2 rings (SSSR count). The van der Waals surface area contributed by atoms with Crippen LogP contribution in [0.5, 0.6) is 5.75 Å². The smallest absolute Gasteiger partial charge is 0.244 e. The highest BCUT2D eigenvalue weighted by Crippen LogP contribution is 2.25. The maximum absolute atomic E-state index is 12.4. The molecule has 0 unspecified atom stereocenters. The first-order valence-electron chi connectivity index (χ1n) is 6.40. The number of nitrogens with one attached hydrogen (secondary N) is 1. The third-order valence-corrected chi connectivity index (χ3v) is 5.59. The van der Waals surface area contributed by atoms with Gasteiger partial charge in [0, 0.05) is 4.88 Å². The molecule has 0 aliphatic rings. The molecule has 0 amide bonds. The largest absolute Gasteiger partial charge is 0.495 e. The lowest BCUT2D eigenvalue weighted by Gasteiger charge is -2.10. The Hall–Kier alpha value is -1.44. The number of hydrogen-bond acceptors (Lipinski definition) is 5. The topological polar surface area (TPSA) is 68.3 Å². The van der Waals surface area contributed by atoms with E-state index in [1.807, 2.05) is 26.8 Å². The molecular formula is C14H18N2O3S2. The van der Waals surface area contributed by atoms with Gasteiger partial charge in [-0.3, -0.25) is 0 Å². The Kier molecular flexibility index (Phi) is 4.65. The van der Waals surface area contributed by atoms with Gasteiger partial charge < -0.3 is 4.74 Å². The van der Waals surface area contributed by atoms with Crippen molar-refractivity contribution < 1.29 is 13.2 Å². The maximum Gasteiger partial charge on any atom is 0.244 e. The Balaban J connectivity index is 2.24. The minimum atomic E-state index is -3.64. The van der Waals surface area contributed by atoms with Crippen molar-refractivity contribution in [2.45, 2.75) is 32.2 Å². The zero-order valence-corrected chi connectivity index (χ0v) is 14.1. The van der Waals surface area contributed by atoms with Crippen LogP contribution in [0.15, 0.2) is 23.1 Å². The van der Waals surface area contributed by atoms with E-state index in [2.05, 4.69) is 9.71 Å². The summed E-state index contributed by atoms with van der Waals surface area (Å²) in [6.07, 6.45) is 0. The summed E-state index contributed by atoms with van der Waals surface area (Å²) in [6, 6.07) is 5.06. The van der Waals surface area contributed by atoms with Crippen molar-refractivity contribution in [3.05, 3.63) is 39.3 Å². The average molecular weight is 326 g/mol. The number of aromatic nitrogens is 1. The number of benzene rings is 1. The predicted octanol–water partition coefficient (Wildman–Crippen LogP) is 2.56. The highest BCUT2D eigenvalue weighted by atomic mass is 32.2. The van der Waals surface area contributed by atoms with Crippen LogP contribution in [0, 0.1) is 20.8 Å². The molecule has 7 heteroatoms. The molecule has 0 spiro atoms. The van der Waals surface area contributed by atoms with Gasteiger partial charge in [-0.05, 0) is 38.5 Å². The molecule has 5 nitrogen and oxygen atoms in total. The number of nitrogens with zero attached hydrogens (tertiary/aromatic N) is 1. The fraction of sp³-hybridized carbons (Fsp3) is 0.357. The van der Waals surface area contributed by atoms with E-state index >= 15 is 0 Å². The number of aryl methyl sites for hydroxylation is 3. The van der Waals surface area contributed by atoms with Crippen LogP contribution < -0.4 is 9.46 Å². The van der Waals surface area contributed by atoms with Gasteiger partial charge in [-0.1, -0.05) is 6.07 Å². The molecule has 0 bridgehead atoms. The SMILES string of the molecule is COc1ccc(C)cc1S(=O)(=O)NCc1nc(C)c(C)s1. The van der Waals surface area contributed by atoms with Gasteiger partial charge in [0.2, 0.25) is 10.0 Å². The lowest BCUT2D eigenvalue weighted by atomic mass is 10.2. The van der Waals surface area contributed by atoms with Gasteiger partial charge in [0.05, 0.1) is 19.3 Å². The van der Waals surface area contributed by atoms with Crippen molar-refractivity contribution >= 4 is 21.4 Å². The molecule has 1 heterocycles. The van der Waals surface area contributed by atoms with Gasteiger partial charge in [0.25, 0.3) is 0 Å². The van der Waals surface area contributed by atoms with E-state index < -0.39 is 10.0 Å². The third-order valence-electron chi connectivity index (χ3n) is 3.09. The van der Waals surface area contributed by atoms with Crippen LogP contribution >= 0.6 is 11.3 Å². The molecule has 1 N–H and O–H groups in total. The summed E-state index contributed by atoms with van der Waals surface area (Å²) < 4.78 is 32.5. The molecule has 0 fully saturated rings. The average Bonchev–Trinajstić information content (AvgIpc) is 2.76. The first-order valence-corrected chi connectivity index (χ1v) is 8.70. The summed E-state index contributed by atoms with van der Waals surface area (Å²) in [5.74, 6) is 0.333. The number of methoxy groups -OCH3 is 1. The van der Waals surface area contributed by atoms with Crippen molar-refractivity contribution in [2.75, 3.05) is 7.11 Å². The molecular weight excluding hydrogens is 308 g/mol. The van der Waals surface area contributed by atoms with Crippen molar-refractivity contribution in [1.82, 2.24) is 9.71 Å². The van der Waals surface area contributed by atoms with Crippen molar-refractivity contribution in [2.24, 2.45) is 0 Å². The van der Waals surface area contributed by atoms with Crippen LogP contribution in [0.25, 0.3) is 0 Å². The van der Waals surface area contributed by atoms with E-state index in [1.165, 1.54) is 18.4 Å². The molecule has 0 aliphatic carbocycles. The maximum atomic E-state index is 12.4. The van der Waals surface area contributed by atoms with E-state index in [0.717, 1.165) is 21.1 Å². The Labute approximate surface area is 129 Å². The second-order valence-corrected chi connectivity index (χ2v) is 7.75. The molecule has 0 radical (unpaired) electrons. The van der Waals surface area contributed by atoms with Gasteiger partial charge in [0.1, 0.15) is 15.7 Å². The zero-order valence-electron chi connectivity index (χ0n) is 12.4. The van der Waals surface area contributed by atoms with Crippen LogP contribution in [0.3, 0.4) is 0 Å². The number of hydrogen-bond donors (Lipinski definition) is 1. The summed E-state index contributed by atoms with van der Waals surface area (Å²) >= 11 is 1.49. The van der Waals surface area contributed by atoms with Crippen molar-refractivity contribution in [3.63, 3.8) is 0 Å². The highest BCUT2D eigenvalue weighted by molar-refractivity contribution is 7.89. The van der Waals surface area contributed by atoms with Crippen molar-refractivity contribution in [1.29, 1.82) is 0 Å². The Morgan fingerprint density at radius 1 is 1.29 bits per heavy atom. The van der Waals surface area contributed by atoms with E-state index in [9.17, 15) is 8.42 Å².